The van der Waals surface area contributed by atoms with Crippen molar-refractivity contribution < 1.29 is 13.2 Å². The lowest BCUT2D eigenvalue weighted by Gasteiger charge is -2.30. The summed E-state index contributed by atoms with van der Waals surface area (Å²) in [6.45, 7) is 6.35. The topological polar surface area (TPSA) is 66.5 Å². The number of sulfonamides is 1. The first-order chi connectivity index (χ1) is 13.2. The van der Waals surface area contributed by atoms with Crippen molar-refractivity contribution in [3.05, 3.63) is 29.3 Å². The first-order valence-electron chi connectivity index (χ1n) is 10.2. The van der Waals surface area contributed by atoms with Crippen molar-refractivity contribution in [2.75, 3.05) is 22.9 Å². The van der Waals surface area contributed by atoms with Crippen LogP contribution in [-0.4, -0.2) is 44.2 Å². The second-order valence-electron chi connectivity index (χ2n) is 7.67. The van der Waals surface area contributed by atoms with Crippen LogP contribution in [0.3, 0.4) is 0 Å². The van der Waals surface area contributed by atoms with Gasteiger partial charge in [-0.3, -0.25) is 9.10 Å². The highest BCUT2D eigenvalue weighted by atomic mass is 32.2. The van der Waals surface area contributed by atoms with E-state index in [1.165, 1.54) is 36.4 Å². The van der Waals surface area contributed by atoms with Gasteiger partial charge in [-0.05, 0) is 56.4 Å². The molecule has 1 aromatic carbocycles. The van der Waals surface area contributed by atoms with Gasteiger partial charge in [0.2, 0.25) is 15.9 Å². The van der Waals surface area contributed by atoms with Gasteiger partial charge in [0.05, 0.1) is 11.9 Å². The molecule has 0 spiro atoms. The van der Waals surface area contributed by atoms with Crippen molar-refractivity contribution in [2.45, 2.75) is 70.6 Å². The molecule has 1 fully saturated rings. The Morgan fingerprint density at radius 1 is 1.21 bits per heavy atom. The smallest absolute Gasteiger partial charge is 0.243 e. The molecule has 28 heavy (non-hydrogen) atoms. The van der Waals surface area contributed by atoms with Crippen LogP contribution in [0.5, 0.6) is 0 Å². The second kappa shape index (κ2) is 10.5. The Bertz CT molecular complexity index is 759. The van der Waals surface area contributed by atoms with E-state index in [4.69, 9.17) is 0 Å². The molecule has 1 amide bonds. The summed E-state index contributed by atoms with van der Waals surface area (Å²) in [7, 11) is -3.58. The molecule has 1 aromatic rings. The Kier molecular flexibility index (Phi) is 8.68. The van der Waals surface area contributed by atoms with Crippen LogP contribution in [0.15, 0.2) is 18.2 Å². The Morgan fingerprint density at radius 3 is 2.46 bits per heavy atom. The van der Waals surface area contributed by atoms with Gasteiger partial charge in [0.1, 0.15) is 6.04 Å². The number of benzene rings is 1. The molecule has 0 heterocycles. The van der Waals surface area contributed by atoms with Crippen LogP contribution >= 0.6 is 11.8 Å². The average molecular weight is 427 g/mol. The Morgan fingerprint density at radius 2 is 1.89 bits per heavy atom. The van der Waals surface area contributed by atoms with Crippen LogP contribution in [-0.2, 0) is 14.8 Å². The number of thioether (sulfide) groups is 1. The molecule has 0 radical (unpaired) electrons. The summed E-state index contributed by atoms with van der Waals surface area (Å²) < 4.78 is 26.3. The molecular formula is C21H34N2O3S2. The fraction of sp³-hybridized carbons (Fsp3) is 0.667. The third-order valence-electron chi connectivity index (χ3n) is 5.38. The zero-order chi connectivity index (χ0) is 20.7. The average Bonchev–Trinajstić information content (AvgIpc) is 2.65. The number of aryl methyl sites for hydroxylation is 2. The molecule has 0 unspecified atom stereocenters. The number of carbonyl (C=O) groups is 1. The molecule has 0 saturated heterocycles. The van der Waals surface area contributed by atoms with Gasteiger partial charge in [-0.15, -0.1) is 0 Å². The van der Waals surface area contributed by atoms with Gasteiger partial charge >= 0.3 is 0 Å². The normalized spacial score (nSPS) is 16.6. The lowest BCUT2D eigenvalue weighted by Crippen LogP contribution is -2.49. The van der Waals surface area contributed by atoms with E-state index in [0.717, 1.165) is 23.1 Å². The fourth-order valence-corrected chi connectivity index (χ4v) is 6.10. The first kappa shape index (κ1) is 23.1. The molecule has 7 heteroatoms. The number of anilines is 1. The first-order valence-corrected chi connectivity index (χ1v) is 13.1. The van der Waals surface area contributed by atoms with Gasteiger partial charge in [-0.2, -0.15) is 11.8 Å². The molecule has 0 bridgehead atoms. The van der Waals surface area contributed by atoms with Crippen molar-refractivity contribution in [3.8, 4) is 0 Å². The summed E-state index contributed by atoms with van der Waals surface area (Å²) in [4.78, 5) is 12.8. The van der Waals surface area contributed by atoms with Gasteiger partial charge < -0.3 is 5.32 Å². The molecule has 0 aromatic heterocycles. The predicted molar refractivity (Wildman–Crippen MR) is 120 cm³/mol. The molecule has 0 aliphatic heterocycles. The maximum absolute atomic E-state index is 12.8. The number of hydrogen-bond acceptors (Lipinski definition) is 4. The van der Waals surface area contributed by atoms with Crippen molar-refractivity contribution in [1.29, 1.82) is 0 Å². The van der Waals surface area contributed by atoms with Crippen LogP contribution in [0.2, 0.25) is 0 Å². The molecule has 1 aliphatic carbocycles. The number of amides is 1. The monoisotopic (exact) mass is 426 g/mol. The van der Waals surface area contributed by atoms with Crippen molar-refractivity contribution >= 4 is 33.4 Å². The zero-order valence-electron chi connectivity index (χ0n) is 17.5. The quantitative estimate of drug-likeness (QED) is 0.606. The van der Waals surface area contributed by atoms with Gasteiger partial charge in [0.15, 0.2) is 0 Å². The molecule has 158 valence electrons. The number of carbonyl (C=O) groups excluding carboxylic acids is 1. The van der Waals surface area contributed by atoms with E-state index in [0.29, 0.717) is 23.9 Å². The Hall–Kier alpha value is -1.21. The highest BCUT2D eigenvalue weighted by Crippen LogP contribution is 2.28. The van der Waals surface area contributed by atoms with E-state index in [2.05, 4.69) is 5.32 Å². The van der Waals surface area contributed by atoms with E-state index in [9.17, 15) is 13.2 Å². The lowest BCUT2D eigenvalue weighted by molar-refractivity contribution is -0.122. The number of nitrogens with zero attached hydrogens (tertiary/aromatic N) is 1. The molecule has 1 aliphatic rings. The van der Waals surface area contributed by atoms with Gasteiger partial charge in [-0.1, -0.05) is 32.3 Å². The molecule has 1 N–H and O–H groups in total. The molecular weight excluding hydrogens is 392 g/mol. The van der Waals surface area contributed by atoms with Gasteiger partial charge in [0, 0.05) is 17.5 Å². The van der Waals surface area contributed by atoms with E-state index < -0.39 is 16.1 Å². The summed E-state index contributed by atoms with van der Waals surface area (Å²) in [5.41, 5.74) is 2.64. The van der Waals surface area contributed by atoms with Crippen LogP contribution in [0.4, 0.5) is 5.69 Å². The highest BCUT2D eigenvalue weighted by Gasteiger charge is 2.31. The van der Waals surface area contributed by atoms with Crippen LogP contribution in [0.1, 0.15) is 56.6 Å². The third kappa shape index (κ3) is 6.41. The fourth-order valence-electron chi connectivity index (χ4n) is 3.67. The van der Waals surface area contributed by atoms with E-state index >= 15 is 0 Å². The number of rotatable bonds is 9. The van der Waals surface area contributed by atoms with Gasteiger partial charge in [-0.25, -0.2) is 8.42 Å². The summed E-state index contributed by atoms with van der Waals surface area (Å²) in [5.74, 6) is 0.644. The number of hydrogen-bond donors (Lipinski definition) is 1. The molecule has 1 saturated carbocycles. The third-order valence-corrected chi connectivity index (χ3v) is 7.94. The minimum absolute atomic E-state index is 0.226. The molecule has 5 nitrogen and oxygen atoms in total. The Balaban J connectivity index is 2.03. The minimum Gasteiger partial charge on any atom is -0.353 e. The van der Waals surface area contributed by atoms with Crippen LogP contribution in [0, 0.1) is 13.8 Å². The zero-order valence-corrected chi connectivity index (χ0v) is 19.2. The standard InChI is InChI=1S/C21H34N2O3S2/c1-5-20(21(24)22-13-14-27-19-9-7-6-8-10-19)23(28(4,25)26)18-12-11-16(2)17(3)15-18/h11-12,15,19-20H,5-10,13-14H2,1-4H3,(H,22,24)/t20-/m1/s1. The van der Waals surface area contributed by atoms with E-state index in [1.807, 2.05) is 44.7 Å². The Labute approximate surface area is 174 Å². The van der Waals surface area contributed by atoms with E-state index in [-0.39, 0.29) is 5.91 Å². The highest BCUT2D eigenvalue weighted by molar-refractivity contribution is 7.99. The summed E-state index contributed by atoms with van der Waals surface area (Å²) in [6.07, 6.45) is 8.07. The summed E-state index contributed by atoms with van der Waals surface area (Å²) in [5, 5.41) is 3.66. The molecule has 1 atom stereocenters. The van der Waals surface area contributed by atoms with Crippen LogP contribution in [0.25, 0.3) is 0 Å². The van der Waals surface area contributed by atoms with Gasteiger partial charge in [0.25, 0.3) is 0 Å². The lowest BCUT2D eigenvalue weighted by atomic mass is 10.0. The summed E-state index contributed by atoms with van der Waals surface area (Å²) in [6, 6.07) is 4.77. The van der Waals surface area contributed by atoms with Crippen molar-refractivity contribution in [3.63, 3.8) is 0 Å². The maximum atomic E-state index is 12.8. The van der Waals surface area contributed by atoms with Crippen molar-refractivity contribution in [1.82, 2.24) is 5.32 Å². The van der Waals surface area contributed by atoms with Crippen LogP contribution < -0.4 is 9.62 Å². The summed E-state index contributed by atoms with van der Waals surface area (Å²) >= 11 is 1.93. The predicted octanol–water partition coefficient (Wildman–Crippen LogP) is 4.03. The SMILES string of the molecule is CC[C@H](C(=O)NCCSC1CCCCC1)N(c1ccc(C)c(C)c1)S(C)(=O)=O. The molecule has 2 rings (SSSR count). The largest absolute Gasteiger partial charge is 0.353 e. The second-order valence-corrected chi connectivity index (χ2v) is 10.9. The minimum atomic E-state index is -3.58. The maximum Gasteiger partial charge on any atom is 0.243 e. The van der Waals surface area contributed by atoms with Crippen molar-refractivity contribution in [2.24, 2.45) is 0 Å². The van der Waals surface area contributed by atoms with E-state index in [1.54, 1.807) is 6.07 Å². The number of nitrogens with one attached hydrogen (secondary N) is 1.